The zero-order valence-corrected chi connectivity index (χ0v) is 19.2. The Balaban J connectivity index is 2.55. The Labute approximate surface area is 166 Å². The second-order valence-corrected chi connectivity index (χ2v) is 11.6. The molecule has 2 fully saturated rings. The van der Waals surface area contributed by atoms with E-state index in [2.05, 4.69) is 48.5 Å². The molecule has 0 aromatic heterocycles. The molecule has 2 rings (SSSR count). The molecular weight excluding hydrogens is 340 g/mol. The van der Waals surface area contributed by atoms with Crippen molar-refractivity contribution in [1.29, 1.82) is 0 Å². The van der Waals surface area contributed by atoms with Crippen LogP contribution in [0.2, 0.25) is 0 Å². The average Bonchev–Trinajstić information content (AvgIpc) is 2.49. The van der Waals surface area contributed by atoms with Crippen LogP contribution < -0.4 is 5.90 Å². The van der Waals surface area contributed by atoms with Crippen molar-refractivity contribution in [3.63, 3.8) is 0 Å². The van der Waals surface area contributed by atoms with Crippen LogP contribution in [0.5, 0.6) is 0 Å². The zero-order chi connectivity index (χ0) is 20.9. The van der Waals surface area contributed by atoms with Crippen molar-refractivity contribution < 1.29 is 15.1 Å². The third kappa shape index (κ3) is 3.95. The fraction of sp³-hybridized carbons (Fsp3) is 1.00. The number of aliphatic hydroxyl groups is 1. The predicted octanol–water partition coefficient (Wildman–Crippen LogP) is 4.99. The summed E-state index contributed by atoms with van der Waals surface area (Å²) in [7, 11) is 0. The number of nitrogens with two attached hydrogens (primary N) is 1. The Hall–Kier alpha value is -0.200. The van der Waals surface area contributed by atoms with Gasteiger partial charge in [-0.05, 0) is 103 Å². The Morgan fingerprint density at radius 2 is 1.70 bits per heavy atom. The first-order chi connectivity index (χ1) is 12.1. The van der Waals surface area contributed by atoms with Crippen molar-refractivity contribution in [2.24, 2.45) is 28.6 Å². The normalized spacial score (nSPS) is 35.6. The molecule has 0 heterocycles. The first kappa shape index (κ1) is 23.1. The summed E-state index contributed by atoms with van der Waals surface area (Å²) < 4.78 is 0. The standard InChI is InChI=1S/C22H44N2O3/c1-10-18(3,4)24(27-26-23)19(5,6)22-12-16(2)11-17(14-22)13-21(9,15-22)20(7,8)25/h16-17,25H,10-15,23H2,1-9H3. The quantitative estimate of drug-likeness (QED) is 0.478. The molecule has 5 heteroatoms. The molecule has 3 N–H and O–H groups in total. The van der Waals surface area contributed by atoms with Crippen molar-refractivity contribution in [2.45, 2.75) is 118 Å². The summed E-state index contributed by atoms with van der Waals surface area (Å²) in [6.45, 7) is 19.7. The van der Waals surface area contributed by atoms with Crippen LogP contribution in [0, 0.1) is 22.7 Å². The van der Waals surface area contributed by atoms with Crippen molar-refractivity contribution in [3.8, 4) is 0 Å². The predicted molar refractivity (Wildman–Crippen MR) is 109 cm³/mol. The molecule has 0 aromatic rings. The maximum Gasteiger partial charge on any atom is 0.0645 e. The fourth-order valence-electron chi connectivity index (χ4n) is 6.33. The summed E-state index contributed by atoms with van der Waals surface area (Å²) in [4.78, 5) is 10.4. The van der Waals surface area contributed by atoms with Gasteiger partial charge in [0.2, 0.25) is 0 Å². The Kier molecular flexibility index (Phi) is 6.19. The minimum Gasteiger partial charge on any atom is -0.390 e. The van der Waals surface area contributed by atoms with Gasteiger partial charge in [0.25, 0.3) is 0 Å². The number of hydrogen-bond acceptors (Lipinski definition) is 5. The lowest BCUT2D eigenvalue weighted by atomic mass is 9.45. The highest BCUT2D eigenvalue weighted by Crippen LogP contribution is 2.65. The molecule has 4 atom stereocenters. The van der Waals surface area contributed by atoms with Crippen LogP contribution in [0.3, 0.4) is 0 Å². The number of rotatable bonds is 7. The van der Waals surface area contributed by atoms with E-state index in [1.165, 1.54) is 12.8 Å². The second-order valence-electron chi connectivity index (χ2n) is 11.6. The number of fused-ring (bicyclic) bond motifs is 2. The molecular formula is C22H44N2O3. The molecule has 0 aliphatic heterocycles. The van der Waals surface area contributed by atoms with Gasteiger partial charge in [0.05, 0.1) is 5.60 Å². The van der Waals surface area contributed by atoms with E-state index in [0.29, 0.717) is 11.8 Å². The Morgan fingerprint density at radius 3 is 2.19 bits per heavy atom. The minimum absolute atomic E-state index is 0.0211. The van der Waals surface area contributed by atoms with E-state index in [1.54, 1.807) is 0 Å². The van der Waals surface area contributed by atoms with Crippen LogP contribution in [0.4, 0.5) is 0 Å². The van der Waals surface area contributed by atoms with Crippen molar-refractivity contribution in [3.05, 3.63) is 0 Å². The van der Waals surface area contributed by atoms with Gasteiger partial charge in [-0.3, -0.25) is 0 Å². The van der Waals surface area contributed by atoms with Crippen LogP contribution in [-0.2, 0) is 9.98 Å². The van der Waals surface area contributed by atoms with E-state index in [4.69, 9.17) is 15.9 Å². The van der Waals surface area contributed by atoms with E-state index in [9.17, 15) is 5.11 Å². The monoisotopic (exact) mass is 384 g/mol. The Morgan fingerprint density at radius 1 is 1.11 bits per heavy atom. The third-order valence-corrected chi connectivity index (χ3v) is 8.44. The molecule has 0 saturated heterocycles. The molecule has 4 unspecified atom stereocenters. The first-order valence-corrected chi connectivity index (χ1v) is 10.7. The SMILES string of the molecule is CCC(C)(C)N(OON)C(C)(C)C12CC(C)CC(CC(C)(C(C)(C)O)C1)C2. The smallest absolute Gasteiger partial charge is 0.0645 e. The summed E-state index contributed by atoms with van der Waals surface area (Å²) in [6.07, 6.45) is 6.52. The first-order valence-electron chi connectivity index (χ1n) is 10.7. The van der Waals surface area contributed by atoms with E-state index in [0.717, 1.165) is 25.7 Å². The van der Waals surface area contributed by atoms with Gasteiger partial charge in [0, 0.05) is 11.1 Å². The largest absolute Gasteiger partial charge is 0.390 e. The highest BCUT2D eigenvalue weighted by atomic mass is 17.3. The lowest BCUT2D eigenvalue weighted by Crippen LogP contribution is -2.67. The maximum atomic E-state index is 11.1. The molecule has 2 bridgehead atoms. The van der Waals surface area contributed by atoms with Gasteiger partial charge < -0.3 is 5.11 Å². The lowest BCUT2D eigenvalue weighted by molar-refractivity contribution is -0.485. The summed E-state index contributed by atoms with van der Waals surface area (Å²) in [6, 6.07) is 0. The molecule has 0 amide bonds. The number of hydrogen-bond donors (Lipinski definition) is 2. The van der Waals surface area contributed by atoms with Gasteiger partial charge in [0.15, 0.2) is 0 Å². The van der Waals surface area contributed by atoms with Crippen LogP contribution in [-0.4, -0.2) is 26.8 Å². The van der Waals surface area contributed by atoms with Crippen molar-refractivity contribution >= 4 is 0 Å². The van der Waals surface area contributed by atoms with Gasteiger partial charge in [-0.15, -0.1) is 15.0 Å². The van der Waals surface area contributed by atoms with Crippen molar-refractivity contribution in [1.82, 2.24) is 5.06 Å². The molecule has 2 aliphatic carbocycles. The number of hydroxylamine groups is 2. The fourth-order valence-corrected chi connectivity index (χ4v) is 6.33. The summed E-state index contributed by atoms with van der Waals surface area (Å²) in [5.74, 6) is 6.67. The van der Waals surface area contributed by atoms with E-state index in [1.807, 2.05) is 18.9 Å². The van der Waals surface area contributed by atoms with Gasteiger partial charge in [-0.25, -0.2) is 0 Å². The molecule has 160 valence electrons. The van der Waals surface area contributed by atoms with E-state index >= 15 is 0 Å². The lowest BCUT2D eigenvalue weighted by Gasteiger charge is -2.65. The molecule has 2 aliphatic rings. The minimum atomic E-state index is -0.718. The van der Waals surface area contributed by atoms with E-state index in [-0.39, 0.29) is 21.9 Å². The second kappa shape index (κ2) is 7.24. The Bertz CT molecular complexity index is 524. The van der Waals surface area contributed by atoms with E-state index < -0.39 is 5.60 Å². The molecule has 0 spiro atoms. The maximum absolute atomic E-state index is 11.1. The summed E-state index contributed by atoms with van der Waals surface area (Å²) in [5.41, 5.74) is -1.35. The highest BCUT2D eigenvalue weighted by Gasteiger charge is 2.62. The molecule has 5 nitrogen and oxygen atoms in total. The van der Waals surface area contributed by atoms with Crippen molar-refractivity contribution in [2.75, 3.05) is 0 Å². The van der Waals surface area contributed by atoms with Gasteiger partial charge in [-0.2, -0.15) is 5.90 Å². The highest BCUT2D eigenvalue weighted by molar-refractivity contribution is 5.12. The number of nitrogens with zero attached hydrogens (tertiary/aromatic N) is 1. The molecule has 0 radical (unpaired) electrons. The molecule has 0 aromatic carbocycles. The van der Waals surface area contributed by atoms with Crippen LogP contribution >= 0.6 is 0 Å². The van der Waals surface area contributed by atoms with Crippen LogP contribution in [0.1, 0.15) is 101 Å². The van der Waals surface area contributed by atoms with Gasteiger partial charge >= 0.3 is 0 Å². The molecule has 27 heavy (non-hydrogen) atoms. The van der Waals surface area contributed by atoms with Gasteiger partial charge in [0.1, 0.15) is 0 Å². The topological polar surface area (TPSA) is 68.0 Å². The van der Waals surface area contributed by atoms with Crippen LogP contribution in [0.15, 0.2) is 0 Å². The summed E-state index contributed by atoms with van der Waals surface area (Å²) in [5, 5.41) is 13.1. The third-order valence-electron chi connectivity index (χ3n) is 8.44. The zero-order valence-electron chi connectivity index (χ0n) is 19.2. The average molecular weight is 385 g/mol. The van der Waals surface area contributed by atoms with Crippen LogP contribution in [0.25, 0.3) is 0 Å². The molecule has 2 saturated carbocycles. The van der Waals surface area contributed by atoms with Gasteiger partial charge in [-0.1, -0.05) is 20.8 Å². The summed E-state index contributed by atoms with van der Waals surface area (Å²) >= 11 is 0.